The highest BCUT2D eigenvalue weighted by Gasteiger charge is 2.24. The van der Waals surface area contributed by atoms with E-state index in [1.165, 1.54) is 63.9 Å². The minimum atomic E-state index is -4.37. The zero-order valence-corrected chi connectivity index (χ0v) is 32.6. The molecule has 0 aromatic carbocycles. The standard InChI is InChI=1S/C43H73NO5S/c1-3-5-7-9-11-13-15-17-19-21-23-24-26-28-30-32-34-36-38-42(45)41(40-50(47,48)49)44-43(46)39-37-35-33-31-29-27-25-22-20-18-16-14-12-10-8-6-4-2/h6,8,12,14,18,20-21,23,25,27-28,30,36,38,41-42,45H,3-5,7,9-11,13,15-17,19,22,24,26,29,31-35,37,39-40H2,1-2H3,(H,44,46)(H,47,48,49)/b8-6-,14-12-,20-18-,23-21+,27-25-,30-28+,38-36+. The zero-order valence-electron chi connectivity index (χ0n) is 31.7. The van der Waals surface area contributed by atoms with Gasteiger partial charge in [-0.15, -0.1) is 0 Å². The van der Waals surface area contributed by atoms with Gasteiger partial charge in [0, 0.05) is 6.42 Å². The van der Waals surface area contributed by atoms with Gasteiger partial charge in [-0.3, -0.25) is 9.35 Å². The largest absolute Gasteiger partial charge is 0.387 e. The molecule has 0 spiro atoms. The van der Waals surface area contributed by atoms with E-state index in [0.29, 0.717) is 12.8 Å². The van der Waals surface area contributed by atoms with Crippen molar-refractivity contribution in [3.05, 3.63) is 85.1 Å². The number of hydrogen-bond donors (Lipinski definition) is 3. The molecule has 0 fully saturated rings. The van der Waals surface area contributed by atoms with E-state index in [1.807, 2.05) is 0 Å². The molecule has 0 aliphatic rings. The van der Waals surface area contributed by atoms with Crippen LogP contribution in [0, 0.1) is 0 Å². The highest BCUT2D eigenvalue weighted by atomic mass is 32.2. The summed E-state index contributed by atoms with van der Waals surface area (Å²) in [7, 11) is -4.37. The predicted octanol–water partition coefficient (Wildman–Crippen LogP) is 11.6. The molecule has 286 valence electrons. The molecule has 0 saturated heterocycles. The third-order valence-electron chi connectivity index (χ3n) is 8.28. The third-order valence-corrected chi connectivity index (χ3v) is 9.06. The molecule has 0 heterocycles. The first-order valence-corrected chi connectivity index (χ1v) is 21.4. The number of rotatable bonds is 34. The molecule has 50 heavy (non-hydrogen) atoms. The molecule has 3 N–H and O–H groups in total. The van der Waals surface area contributed by atoms with Crippen molar-refractivity contribution in [3.63, 3.8) is 0 Å². The van der Waals surface area contributed by atoms with Crippen LogP contribution in [0.5, 0.6) is 0 Å². The molecule has 0 bridgehead atoms. The van der Waals surface area contributed by atoms with Crippen LogP contribution in [0.25, 0.3) is 0 Å². The average molecular weight is 716 g/mol. The number of carbonyl (C=O) groups is 1. The number of allylic oxidation sites excluding steroid dienone is 13. The molecular formula is C43H73NO5S. The Kier molecular flexibility index (Phi) is 34.5. The van der Waals surface area contributed by atoms with Gasteiger partial charge in [-0.2, -0.15) is 8.42 Å². The topological polar surface area (TPSA) is 104 Å². The monoisotopic (exact) mass is 716 g/mol. The molecule has 0 aromatic rings. The smallest absolute Gasteiger partial charge is 0.267 e. The maximum absolute atomic E-state index is 12.5. The molecule has 2 unspecified atom stereocenters. The van der Waals surface area contributed by atoms with Gasteiger partial charge < -0.3 is 10.4 Å². The second-order valence-corrected chi connectivity index (χ2v) is 14.7. The van der Waals surface area contributed by atoms with E-state index in [-0.39, 0.29) is 12.3 Å². The SMILES string of the molecule is CC/C=C\C/C=C\C/C=C\C/C=C\CCCCCCC(=O)NC(CS(=O)(=O)O)C(O)/C=C/CC/C=C/CC/C=C/CCCCCCCCCC. The lowest BCUT2D eigenvalue weighted by Gasteiger charge is -2.21. The Bertz CT molecular complexity index is 1100. The van der Waals surface area contributed by atoms with E-state index in [2.05, 4.69) is 92.1 Å². The van der Waals surface area contributed by atoms with E-state index in [0.717, 1.165) is 70.6 Å². The minimum absolute atomic E-state index is 0.252. The molecule has 0 aliphatic heterocycles. The molecule has 2 atom stereocenters. The number of unbranched alkanes of at least 4 members (excludes halogenated alkanes) is 14. The lowest BCUT2D eigenvalue weighted by molar-refractivity contribution is -0.122. The van der Waals surface area contributed by atoms with E-state index >= 15 is 0 Å². The first-order valence-electron chi connectivity index (χ1n) is 19.8. The van der Waals surface area contributed by atoms with Gasteiger partial charge in [-0.1, -0.05) is 157 Å². The van der Waals surface area contributed by atoms with Crippen molar-refractivity contribution >= 4 is 16.0 Å². The predicted molar refractivity (Wildman–Crippen MR) is 216 cm³/mol. The van der Waals surface area contributed by atoms with Crippen LogP contribution < -0.4 is 5.32 Å². The fourth-order valence-corrected chi connectivity index (χ4v) is 6.09. The van der Waals surface area contributed by atoms with E-state index in [4.69, 9.17) is 0 Å². The summed E-state index contributed by atoms with van der Waals surface area (Å²) in [5.41, 5.74) is 0. The molecule has 0 aliphatic carbocycles. The number of carbonyl (C=O) groups excluding carboxylic acids is 1. The first kappa shape index (κ1) is 47.5. The number of aliphatic hydroxyl groups is 1. The van der Waals surface area contributed by atoms with E-state index in [9.17, 15) is 22.9 Å². The maximum atomic E-state index is 12.5. The molecule has 0 saturated carbocycles. The Labute approximate surface area is 307 Å². The molecule has 6 nitrogen and oxygen atoms in total. The summed E-state index contributed by atoms with van der Waals surface area (Å²) in [4.78, 5) is 12.5. The normalized spacial score (nSPS) is 14.2. The Hall–Kier alpha value is -2.48. The molecule has 1 amide bonds. The van der Waals surface area contributed by atoms with Gasteiger partial charge in [0.2, 0.25) is 5.91 Å². The Morgan fingerprint density at radius 2 is 0.980 bits per heavy atom. The van der Waals surface area contributed by atoms with Crippen molar-refractivity contribution in [1.29, 1.82) is 0 Å². The van der Waals surface area contributed by atoms with Crippen LogP contribution >= 0.6 is 0 Å². The van der Waals surface area contributed by atoms with Crippen molar-refractivity contribution < 1.29 is 22.9 Å². The van der Waals surface area contributed by atoms with Gasteiger partial charge in [0.1, 0.15) is 0 Å². The van der Waals surface area contributed by atoms with Crippen LogP contribution in [-0.4, -0.2) is 41.9 Å². The average Bonchev–Trinajstić information content (AvgIpc) is 3.08. The van der Waals surface area contributed by atoms with Gasteiger partial charge >= 0.3 is 0 Å². The summed E-state index contributed by atoms with van der Waals surface area (Å²) in [5, 5.41) is 13.2. The van der Waals surface area contributed by atoms with E-state index < -0.39 is 28.0 Å². The van der Waals surface area contributed by atoms with Crippen molar-refractivity contribution in [1.82, 2.24) is 5.32 Å². The molecule has 7 heteroatoms. The van der Waals surface area contributed by atoms with Crippen molar-refractivity contribution in [2.24, 2.45) is 0 Å². The first-order chi connectivity index (χ1) is 24.3. The van der Waals surface area contributed by atoms with E-state index in [1.54, 1.807) is 6.08 Å². The van der Waals surface area contributed by atoms with Crippen LogP contribution in [0.4, 0.5) is 0 Å². The van der Waals surface area contributed by atoms with Crippen LogP contribution in [-0.2, 0) is 14.9 Å². The second-order valence-electron chi connectivity index (χ2n) is 13.2. The van der Waals surface area contributed by atoms with Gasteiger partial charge in [0.05, 0.1) is 17.9 Å². The Morgan fingerprint density at radius 1 is 0.560 bits per heavy atom. The third kappa shape index (κ3) is 36.8. The molecule has 0 rings (SSSR count). The highest BCUT2D eigenvalue weighted by Crippen LogP contribution is 2.11. The lowest BCUT2D eigenvalue weighted by atomic mass is 10.1. The molecule has 0 aromatic heterocycles. The second kappa shape index (κ2) is 36.3. The summed E-state index contributed by atoms with van der Waals surface area (Å²) in [5.74, 6) is -1.05. The highest BCUT2D eigenvalue weighted by molar-refractivity contribution is 7.85. The fraction of sp³-hybridized carbons (Fsp3) is 0.651. The number of amides is 1. The lowest BCUT2D eigenvalue weighted by Crippen LogP contribution is -2.46. The van der Waals surface area contributed by atoms with Crippen molar-refractivity contribution in [2.75, 3.05) is 5.75 Å². The van der Waals surface area contributed by atoms with Crippen LogP contribution in [0.2, 0.25) is 0 Å². The summed E-state index contributed by atoms with van der Waals surface area (Å²) < 4.78 is 32.4. The maximum Gasteiger partial charge on any atom is 0.267 e. The molecular weight excluding hydrogens is 643 g/mol. The van der Waals surface area contributed by atoms with Crippen LogP contribution in [0.15, 0.2) is 85.1 Å². The quantitative estimate of drug-likeness (QED) is 0.0349. The Balaban J connectivity index is 4.10. The number of hydrogen-bond acceptors (Lipinski definition) is 4. The summed E-state index contributed by atoms with van der Waals surface area (Å²) in [6.07, 6.45) is 52.8. The number of nitrogens with one attached hydrogen (secondary N) is 1. The van der Waals surface area contributed by atoms with Gasteiger partial charge in [0.15, 0.2) is 0 Å². The minimum Gasteiger partial charge on any atom is -0.387 e. The van der Waals surface area contributed by atoms with Gasteiger partial charge in [-0.05, 0) is 83.5 Å². The number of aliphatic hydroxyl groups excluding tert-OH is 1. The fourth-order valence-electron chi connectivity index (χ4n) is 5.35. The summed E-state index contributed by atoms with van der Waals surface area (Å²) >= 11 is 0. The van der Waals surface area contributed by atoms with Crippen LogP contribution in [0.3, 0.4) is 0 Å². The van der Waals surface area contributed by atoms with Gasteiger partial charge in [-0.25, -0.2) is 0 Å². The van der Waals surface area contributed by atoms with Gasteiger partial charge in [0.25, 0.3) is 10.1 Å². The summed E-state index contributed by atoms with van der Waals surface area (Å²) in [6, 6.07) is -1.10. The zero-order chi connectivity index (χ0) is 36.8. The van der Waals surface area contributed by atoms with Crippen molar-refractivity contribution in [3.8, 4) is 0 Å². The Morgan fingerprint density at radius 3 is 1.50 bits per heavy atom. The summed E-state index contributed by atoms with van der Waals surface area (Å²) in [6.45, 7) is 4.39. The molecule has 0 radical (unpaired) electrons. The van der Waals surface area contributed by atoms with Crippen LogP contribution in [0.1, 0.15) is 162 Å². The van der Waals surface area contributed by atoms with Crippen molar-refractivity contribution in [2.45, 2.75) is 174 Å².